The summed E-state index contributed by atoms with van der Waals surface area (Å²) in [5.74, 6) is 0.779. The maximum atomic E-state index is 9.77. The first-order chi connectivity index (χ1) is 6.89. The molecule has 2 nitrogen and oxygen atoms in total. The van der Waals surface area contributed by atoms with Gasteiger partial charge >= 0.3 is 0 Å². The Bertz CT molecular complexity index is 300. The highest BCUT2D eigenvalue weighted by molar-refractivity contribution is 9.10. The topological polar surface area (TPSA) is 29.5 Å². The fourth-order valence-electron chi connectivity index (χ4n) is 0.956. The minimum absolute atomic E-state index is 0.143. The van der Waals surface area contributed by atoms with Crippen LogP contribution >= 0.6 is 15.9 Å². The molecule has 0 saturated heterocycles. The summed E-state index contributed by atoms with van der Waals surface area (Å²) in [6, 6.07) is 7.58. The molecule has 0 aliphatic carbocycles. The van der Waals surface area contributed by atoms with Crippen LogP contribution in [0.3, 0.4) is 0 Å². The van der Waals surface area contributed by atoms with Gasteiger partial charge < -0.3 is 9.84 Å². The van der Waals surface area contributed by atoms with E-state index >= 15 is 0 Å². The molecule has 3 heteroatoms. The number of ether oxygens (including phenoxy) is 1. The minimum atomic E-state index is -0.457. The lowest BCUT2D eigenvalue weighted by atomic mass is 9.90. The SMILES string of the molecule is CC(C)(C)C(O)COc1ccc(Br)cc1. The third kappa shape index (κ3) is 4.22. The molecule has 0 aromatic heterocycles. The largest absolute Gasteiger partial charge is 0.491 e. The van der Waals surface area contributed by atoms with E-state index in [1.54, 1.807) is 0 Å². The Labute approximate surface area is 99.4 Å². The number of aliphatic hydroxyl groups excluding tert-OH is 1. The van der Waals surface area contributed by atoms with Crippen LogP contribution in [0.25, 0.3) is 0 Å². The zero-order chi connectivity index (χ0) is 11.5. The molecule has 1 unspecified atom stereocenters. The molecule has 0 radical (unpaired) electrons. The van der Waals surface area contributed by atoms with Gasteiger partial charge in [-0.05, 0) is 29.7 Å². The molecule has 0 fully saturated rings. The van der Waals surface area contributed by atoms with E-state index in [-0.39, 0.29) is 5.41 Å². The summed E-state index contributed by atoms with van der Waals surface area (Å²) in [6.07, 6.45) is -0.457. The summed E-state index contributed by atoms with van der Waals surface area (Å²) in [6.45, 7) is 6.29. The van der Waals surface area contributed by atoms with E-state index in [9.17, 15) is 5.11 Å². The normalized spacial score (nSPS) is 13.7. The van der Waals surface area contributed by atoms with Crippen LogP contribution in [0.1, 0.15) is 20.8 Å². The first kappa shape index (κ1) is 12.5. The van der Waals surface area contributed by atoms with Crippen molar-refractivity contribution in [3.63, 3.8) is 0 Å². The number of hydrogen-bond acceptors (Lipinski definition) is 2. The molecule has 1 rings (SSSR count). The lowest BCUT2D eigenvalue weighted by Crippen LogP contribution is -2.31. The third-order valence-electron chi connectivity index (χ3n) is 2.22. The predicted molar refractivity (Wildman–Crippen MR) is 65.1 cm³/mol. The molecule has 84 valence electrons. The molecule has 0 aliphatic heterocycles. The number of benzene rings is 1. The van der Waals surface area contributed by atoms with Gasteiger partial charge in [0, 0.05) is 4.47 Å². The predicted octanol–water partition coefficient (Wildman–Crippen LogP) is 3.23. The van der Waals surface area contributed by atoms with Gasteiger partial charge in [0.1, 0.15) is 12.4 Å². The second-order valence-electron chi connectivity index (χ2n) is 4.65. The molecule has 0 aliphatic rings. The Kier molecular flexibility index (Phi) is 4.17. The third-order valence-corrected chi connectivity index (χ3v) is 2.75. The molecule has 0 heterocycles. The van der Waals surface area contributed by atoms with Gasteiger partial charge in [-0.1, -0.05) is 36.7 Å². The maximum Gasteiger partial charge on any atom is 0.119 e. The summed E-state index contributed by atoms with van der Waals surface area (Å²) in [7, 11) is 0. The first-order valence-corrected chi connectivity index (χ1v) is 5.75. The van der Waals surface area contributed by atoms with Gasteiger partial charge in [-0.3, -0.25) is 0 Å². The Morgan fingerprint density at radius 1 is 1.27 bits per heavy atom. The second-order valence-corrected chi connectivity index (χ2v) is 5.56. The second kappa shape index (κ2) is 4.99. The summed E-state index contributed by atoms with van der Waals surface area (Å²) >= 11 is 3.35. The Hall–Kier alpha value is -0.540. The van der Waals surface area contributed by atoms with E-state index in [1.807, 2.05) is 45.0 Å². The highest BCUT2D eigenvalue weighted by Crippen LogP contribution is 2.21. The van der Waals surface area contributed by atoms with Crippen LogP contribution in [0.5, 0.6) is 5.75 Å². The van der Waals surface area contributed by atoms with Crippen LogP contribution < -0.4 is 4.74 Å². The monoisotopic (exact) mass is 272 g/mol. The van der Waals surface area contributed by atoms with Crippen LogP contribution in [0.4, 0.5) is 0 Å². The van der Waals surface area contributed by atoms with E-state index in [0.717, 1.165) is 10.2 Å². The van der Waals surface area contributed by atoms with E-state index in [2.05, 4.69) is 15.9 Å². The molecule has 1 aromatic carbocycles. The Balaban J connectivity index is 2.47. The van der Waals surface area contributed by atoms with Crippen molar-refractivity contribution >= 4 is 15.9 Å². The molecule has 0 spiro atoms. The molecule has 1 atom stereocenters. The fraction of sp³-hybridized carbons (Fsp3) is 0.500. The van der Waals surface area contributed by atoms with Gasteiger partial charge in [0.05, 0.1) is 6.10 Å². The summed E-state index contributed by atoms with van der Waals surface area (Å²) < 4.78 is 6.50. The smallest absolute Gasteiger partial charge is 0.119 e. The maximum absolute atomic E-state index is 9.77. The summed E-state index contributed by atoms with van der Waals surface area (Å²) in [5, 5.41) is 9.77. The first-order valence-electron chi connectivity index (χ1n) is 4.96. The van der Waals surface area contributed by atoms with E-state index in [1.165, 1.54) is 0 Å². The van der Waals surface area contributed by atoms with Crippen molar-refractivity contribution in [1.82, 2.24) is 0 Å². The van der Waals surface area contributed by atoms with Crippen LogP contribution in [0.2, 0.25) is 0 Å². The Morgan fingerprint density at radius 2 is 1.80 bits per heavy atom. The average Bonchev–Trinajstić information content (AvgIpc) is 2.15. The van der Waals surface area contributed by atoms with Crippen molar-refractivity contribution in [2.75, 3.05) is 6.61 Å². The molecule has 1 N–H and O–H groups in total. The summed E-state index contributed by atoms with van der Waals surface area (Å²) in [5.41, 5.74) is -0.143. The molecule has 0 amide bonds. The molecule has 0 saturated carbocycles. The van der Waals surface area contributed by atoms with Gasteiger partial charge in [0.15, 0.2) is 0 Å². The number of rotatable bonds is 3. The van der Waals surface area contributed by atoms with Gasteiger partial charge in [-0.25, -0.2) is 0 Å². The highest BCUT2D eigenvalue weighted by Gasteiger charge is 2.22. The minimum Gasteiger partial charge on any atom is -0.491 e. The standard InChI is InChI=1S/C12H17BrO2/c1-12(2,3)11(14)8-15-10-6-4-9(13)5-7-10/h4-7,11,14H,8H2,1-3H3. The van der Waals surface area contributed by atoms with Crippen molar-refractivity contribution in [2.24, 2.45) is 5.41 Å². The average molecular weight is 273 g/mol. The van der Waals surface area contributed by atoms with Gasteiger partial charge in [0.25, 0.3) is 0 Å². The quantitative estimate of drug-likeness (QED) is 0.916. The van der Waals surface area contributed by atoms with E-state index in [4.69, 9.17) is 4.74 Å². The van der Waals surface area contributed by atoms with Crippen molar-refractivity contribution < 1.29 is 9.84 Å². The van der Waals surface area contributed by atoms with Crippen LogP contribution in [-0.4, -0.2) is 17.8 Å². The highest BCUT2D eigenvalue weighted by atomic mass is 79.9. The molecule has 15 heavy (non-hydrogen) atoms. The van der Waals surface area contributed by atoms with Crippen molar-refractivity contribution in [2.45, 2.75) is 26.9 Å². The van der Waals surface area contributed by atoms with E-state index < -0.39 is 6.10 Å². The van der Waals surface area contributed by atoms with Crippen molar-refractivity contribution in [3.05, 3.63) is 28.7 Å². The van der Waals surface area contributed by atoms with Gasteiger partial charge in [0.2, 0.25) is 0 Å². The molecule has 0 bridgehead atoms. The zero-order valence-electron chi connectivity index (χ0n) is 9.33. The van der Waals surface area contributed by atoms with Gasteiger partial charge in [-0.2, -0.15) is 0 Å². The van der Waals surface area contributed by atoms with Crippen molar-refractivity contribution in [3.8, 4) is 5.75 Å². The molecular formula is C12H17BrO2. The van der Waals surface area contributed by atoms with Crippen LogP contribution in [-0.2, 0) is 0 Å². The number of aliphatic hydroxyl groups is 1. The van der Waals surface area contributed by atoms with Crippen LogP contribution in [0.15, 0.2) is 28.7 Å². The lowest BCUT2D eigenvalue weighted by molar-refractivity contribution is 0.0218. The number of halogens is 1. The van der Waals surface area contributed by atoms with Crippen molar-refractivity contribution in [1.29, 1.82) is 0 Å². The lowest BCUT2D eigenvalue weighted by Gasteiger charge is -2.25. The zero-order valence-corrected chi connectivity index (χ0v) is 10.9. The van der Waals surface area contributed by atoms with Gasteiger partial charge in [-0.15, -0.1) is 0 Å². The van der Waals surface area contributed by atoms with E-state index in [0.29, 0.717) is 6.61 Å². The fourth-order valence-corrected chi connectivity index (χ4v) is 1.22. The molecular weight excluding hydrogens is 256 g/mol. The molecule has 1 aromatic rings. The summed E-state index contributed by atoms with van der Waals surface area (Å²) in [4.78, 5) is 0. The Morgan fingerprint density at radius 3 is 2.27 bits per heavy atom. The van der Waals surface area contributed by atoms with Crippen LogP contribution in [0, 0.1) is 5.41 Å². The number of hydrogen-bond donors (Lipinski definition) is 1.